The summed E-state index contributed by atoms with van der Waals surface area (Å²) >= 11 is 8.93. The van der Waals surface area contributed by atoms with E-state index in [-0.39, 0.29) is 0 Å². The number of aryl methyl sites for hydroxylation is 2. The zero-order valence-electron chi connectivity index (χ0n) is 10.3. The molecule has 0 spiro atoms. The number of rotatable bonds is 5. The molecule has 98 valence electrons. The maximum atomic E-state index is 4.49. The molecular weight excluding hydrogens is 378 g/mol. The van der Waals surface area contributed by atoms with Gasteiger partial charge in [-0.1, -0.05) is 6.92 Å². The number of hydrogen-bond donors (Lipinski definition) is 1. The Bertz CT molecular complexity index is 533. The average molecular weight is 393 g/mol. The Morgan fingerprint density at radius 1 is 1.39 bits per heavy atom. The summed E-state index contributed by atoms with van der Waals surface area (Å²) in [5, 5.41) is 10.0. The van der Waals surface area contributed by atoms with Gasteiger partial charge in [-0.05, 0) is 49.7 Å². The summed E-state index contributed by atoms with van der Waals surface area (Å²) in [7, 11) is 1.99. The minimum atomic E-state index is 0.814. The Morgan fingerprint density at radius 2 is 2.17 bits per heavy atom. The molecule has 0 saturated heterocycles. The number of aromatic nitrogens is 2. The van der Waals surface area contributed by atoms with Crippen molar-refractivity contribution in [3.8, 4) is 0 Å². The van der Waals surface area contributed by atoms with E-state index in [0.29, 0.717) is 0 Å². The molecule has 0 saturated carbocycles. The molecule has 18 heavy (non-hydrogen) atoms. The van der Waals surface area contributed by atoms with Gasteiger partial charge in [0, 0.05) is 29.5 Å². The van der Waals surface area contributed by atoms with E-state index in [1.54, 1.807) is 11.3 Å². The summed E-state index contributed by atoms with van der Waals surface area (Å²) in [6, 6.07) is 2.08. The minimum Gasteiger partial charge on any atom is -0.306 e. The Balaban J connectivity index is 1.98. The van der Waals surface area contributed by atoms with E-state index >= 15 is 0 Å². The number of hydrogen-bond acceptors (Lipinski definition) is 3. The second-order valence-electron chi connectivity index (χ2n) is 3.98. The molecule has 2 aromatic rings. The third-order valence-electron chi connectivity index (χ3n) is 2.77. The summed E-state index contributed by atoms with van der Waals surface area (Å²) < 4.78 is 4.25. The predicted molar refractivity (Wildman–Crippen MR) is 82.8 cm³/mol. The van der Waals surface area contributed by atoms with Gasteiger partial charge in [-0.3, -0.25) is 4.68 Å². The second kappa shape index (κ2) is 6.32. The molecule has 0 aliphatic rings. The van der Waals surface area contributed by atoms with Crippen molar-refractivity contribution < 1.29 is 0 Å². The highest BCUT2D eigenvalue weighted by Gasteiger charge is 2.12. The van der Waals surface area contributed by atoms with E-state index in [2.05, 4.69) is 60.6 Å². The van der Waals surface area contributed by atoms with Crippen LogP contribution in [0.1, 0.15) is 23.2 Å². The fraction of sp³-hybridized carbons (Fsp3) is 0.417. The summed E-state index contributed by atoms with van der Waals surface area (Å²) in [6.45, 7) is 3.80. The first-order valence-corrected chi connectivity index (χ1v) is 8.22. The minimum absolute atomic E-state index is 0.814. The number of nitrogens with one attached hydrogen (secondary N) is 1. The second-order valence-corrected chi connectivity index (χ2v) is 6.63. The lowest BCUT2D eigenvalue weighted by Crippen LogP contribution is -2.15. The average Bonchev–Trinajstić information content (AvgIpc) is 2.87. The van der Waals surface area contributed by atoms with Crippen molar-refractivity contribution in [2.45, 2.75) is 26.4 Å². The first kappa shape index (κ1) is 14.2. The molecule has 0 aromatic carbocycles. The van der Waals surface area contributed by atoms with Crippen molar-refractivity contribution in [3.05, 3.63) is 36.7 Å². The molecular formula is C12H15Br2N3S. The van der Waals surface area contributed by atoms with Crippen LogP contribution in [0.25, 0.3) is 0 Å². The van der Waals surface area contributed by atoms with E-state index in [1.807, 2.05) is 11.7 Å². The van der Waals surface area contributed by atoms with Crippen LogP contribution in [-0.2, 0) is 26.6 Å². The van der Waals surface area contributed by atoms with Crippen molar-refractivity contribution in [1.29, 1.82) is 0 Å². The first-order chi connectivity index (χ1) is 8.63. The fourth-order valence-electron chi connectivity index (χ4n) is 1.76. The molecule has 0 bridgehead atoms. The van der Waals surface area contributed by atoms with Crippen LogP contribution in [0.2, 0.25) is 0 Å². The third kappa shape index (κ3) is 3.04. The third-order valence-corrected chi connectivity index (χ3v) is 5.61. The fourth-order valence-corrected chi connectivity index (χ4v) is 3.98. The van der Waals surface area contributed by atoms with Gasteiger partial charge in [-0.2, -0.15) is 5.10 Å². The van der Waals surface area contributed by atoms with Crippen LogP contribution in [0.15, 0.2) is 20.4 Å². The van der Waals surface area contributed by atoms with Gasteiger partial charge in [0.25, 0.3) is 0 Å². The standard InChI is InChI=1S/C12H15Br2N3S/c1-3-9-12(14)10(17(2)16-9)6-15-7-11-8(13)4-5-18-11/h4-5,15H,3,6-7H2,1-2H3. The van der Waals surface area contributed by atoms with Gasteiger partial charge < -0.3 is 5.32 Å². The summed E-state index contributed by atoms with van der Waals surface area (Å²) in [4.78, 5) is 1.32. The normalized spacial score (nSPS) is 11.1. The number of nitrogens with zero attached hydrogens (tertiary/aromatic N) is 2. The summed E-state index contributed by atoms with van der Waals surface area (Å²) in [5.41, 5.74) is 2.31. The maximum absolute atomic E-state index is 4.49. The maximum Gasteiger partial charge on any atom is 0.0767 e. The van der Waals surface area contributed by atoms with Crippen LogP contribution in [-0.4, -0.2) is 9.78 Å². The van der Waals surface area contributed by atoms with Gasteiger partial charge in [-0.25, -0.2) is 0 Å². The molecule has 0 radical (unpaired) electrons. The smallest absolute Gasteiger partial charge is 0.0767 e. The number of halogens is 2. The van der Waals surface area contributed by atoms with Crippen LogP contribution in [0, 0.1) is 0 Å². The first-order valence-electron chi connectivity index (χ1n) is 5.76. The van der Waals surface area contributed by atoms with Crippen molar-refractivity contribution in [2.24, 2.45) is 7.05 Å². The van der Waals surface area contributed by atoms with Crippen molar-refractivity contribution in [2.75, 3.05) is 0 Å². The van der Waals surface area contributed by atoms with Crippen LogP contribution in [0.5, 0.6) is 0 Å². The van der Waals surface area contributed by atoms with Gasteiger partial charge in [-0.15, -0.1) is 11.3 Å². The van der Waals surface area contributed by atoms with Crippen molar-refractivity contribution >= 4 is 43.2 Å². The van der Waals surface area contributed by atoms with Gasteiger partial charge in [0.05, 0.1) is 15.9 Å². The highest BCUT2D eigenvalue weighted by Crippen LogP contribution is 2.24. The van der Waals surface area contributed by atoms with Crippen LogP contribution in [0.4, 0.5) is 0 Å². The van der Waals surface area contributed by atoms with Crippen LogP contribution >= 0.6 is 43.2 Å². The molecule has 2 aromatic heterocycles. The largest absolute Gasteiger partial charge is 0.306 e. The lowest BCUT2D eigenvalue weighted by Gasteiger charge is -2.05. The molecule has 0 unspecified atom stereocenters. The van der Waals surface area contributed by atoms with Crippen molar-refractivity contribution in [1.82, 2.24) is 15.1 Å². The Kier molecular flexibility index (Phi) is 5.00. The highest BCUT2D eigenvalue weighted by molar-refractivity contribution is 9.10. The topological polar surface area (TPSA) is 29.9 Å². The van der Waals surface area contributed by atoms with E-state index in [4.69, 9.17) is 0 Å². The Hall–Kier alpha value is -0.170. The molecule has 0 amide bonds. The van der Waals surface area contributed by atoms with Crippen LogP contribution in [0.3, 0.4) is 0 Å². The number of thiophene rings is 1. The predicted octanol–water partition coefficient (Wildman–Crippen LogP) is 3.86. The van der Waals surface area contributed by atoms with Gasteiger partial charge in [0.15, 0.2) is 0 Å². The lowest BCUT2D eigenvalue weighted by molar-refractivity contribution is 0.625. The van der Waals surface area contributed by atoms with Crippen LogP contribution < -0.4 is 5.32 Å². The van der Waals surface area contributed by atoms with Crippen molar-refractivity contribution in [3.63, 3.8) is 0 Å². The van der Waals surface area contributed by atoms with E-state index in [0.717, 1.165) is 29.7 Å². The molecule has 0 aliphatic heterocycles. The monoisotopic (exact) mass is 391 g/mol. The SMILES string of the molecule is CCc1nn(C)c(CNCc2sccc2Br)c1Br. The van der Waals surface area contributed by atoms with Gasteiger partial charge >= 0.3 is 0 Å². The molecule has 0 aliphatic carbocycles. The van der Waals surface area contributed by atoms with E-state index < -0.39 is 0 Å². The molecule has 2 heterocycles. The zero-order valence-corrected chi connectivity index (χ0v) is 14.3. The lowest BCUT2D eigenvalue weighted by atomic mass is 10.3. The van der Waals surface area contributed by atoms with Gasteiger partial charge in [0.1, 0.15) is 0 Å². The summed E-state index contributed by atoms with van der Waals surface area (Å²) in [6.07, 6.45) is 0.949. The van der Waals surface area contributed by atoms with Gasteiger partial charge in [0.2, 0.25) is 0 Å². The Labute approximate surface area is 128 Å². The Morgan fingerprint density at radius 3 is 2.72 bits per heavy atom. The molecule has 2 rings (SSSR count). The quantitative estimate of drug-likeness (QED) is 0.837. The molecule has 6 heteroatoms. The molecule has 1 N–H and O–H groups in total. The molecule has 3 nitrogen and oxygen atoms in total. The van der Waals surface area contributed by atoms with E-state index in [1.165, 1.54) is 15.0 Å². The molecule has 0 atom stereocenters. The zero-order chi connectivity index (χ0) is 13.1. The highest BCUT2D eigenvalue weighted by atomic mass is 79.9. The summed E-state index contributed by atoms with van der Waals surface area (Å²) in [5.74, 6) is 0. The van der Waals surface area contributed by atoms with E-state index in [9.17, 15) is 0 Å². The molecule has 0 fully saturated rings.